The summed E-state index contributed by atoms with van der Waals surface area (Å²) < 4.78 is 16.0. The van der Waals surface area contributed by atoms with E-state index in [2.05, 4.69) is 0 Å². The zero-order valence-corrected chi connectivity index (χ0v) is 12.9. The highest BCUT2D eigenvalue weighted by Gasteiger charge is 2.67. The molecule has 0 aromatic heterocycles. The number of carbonyl (C=O) groups excluding carboxylic acids is 2. The van der Waals surface area contributed by atoms with Gasteiger partial charge in [-0.05, 0) is 24.3 Å². The van der Waals surface area contributed by atoms with Crippen LogP contribution in [0.3, 0.4) is 0 Å². The minimum atomic E-state index is -0.722. The molecule has 0 unspecified atom stereocenters. The monoisotopic (exact) mass is 315 g/mol. The molecule has 120 valence electrons. The van der Waals surface area contributed by atoms with Gasteiger partial charge >= 0.3 is 5.97 Å². The molecule has 1 amide bonds. The second-order valence-corrected chi connectivity index (χ2v) is 6.05. The van der Waals surface area contributed by atoms with E-state index in [1.54, 1.807) is 24.1 Å². The summed E-state index contributed by atoms with van der Waals surface area (Å²) in [5, 5.41) is 0. The van der Waals surface area contributed by atoms with Crippen LogP contribution in [0.5, 0.6) is 5.75 Å². The second kappa shape index (κ2) is 4.83. The standard InChI is InChI=1S/C17H17NO5/c1-21-11-5-3-10(4-6-11)18-9-17-8-7-12(23-17)13(16(20)22-2)14(17)15(18)19/h3-8,12-14H,9H2,1-2H3/t12-,13+,14+,17-/m1/s1. The Hall–Kier alpha value is -2.34. The maximum atomic E-state index is 12.9. The predicted octanol–water partition coefficient (Wildman–Crippen LogP) is 1.15. The molecule has 0 N–H and O–H groups in total. The fourth-order valence-corrected chi connectivity index (χ4v) is 3.88. The number of carbonyl (C=O) groups is 2. The van der Waals surface area contributed by atoms with Crippen LogP contribution in [0.15, 0.2) is 36.4 Å². The summed E-state index contributed by atoms with van der Waals surface area (Å²) in [4.78, 5) is 26.7. The van der Waals surface area contributed by atoms with Crippen molar-refractivity contribution in [2.24, 2.45) is 11.8 Å². The molecule has 0 saturated carbocycles. The second-order valence-electron chi connectivity index (χ2n) is 6.05. The number of hydrogen-bond acceptors (Lipinski definition) is 5. The number of esters is 1. The summed E-state index contributed by atoms with van der Waals surface area (Å²) in [5.74, 6) is -0.857. The Morgan fingerprint density at radius 2 is 2.04 bits per heavy atom. The van der Waals surface area contributed by atoms with E-state index < -0.39 is 23.4 Å². The molecular weight excluding hydrogens is 298 g/mol. The highest BCUT2D eigenvalue weighted by atomic mass is 16.5. The van der Waals surface area contributed by atoms with E-state index in [-0.39, 0.29) is 12.0 Å². The fourth-order valence-electron chi connectivity index (χ4n) is 3.88. The third kappa shape index (κ3) is 1.84. The van der Waals surface area contributed by atoms with Crippen LogP contribution in [0.25, 0.3) is 0 Å². The molecule has 1 aromatic carbocycles. The Kier molecular flexibility index (Phi) is 2.99. The van der Waals surface area contributed by atoms with Crippen molar-refractivity contribution < 1.29 is 23.8 Å². The SMILES string of the molecule is COC(=O)[C@@H]1[C@H]2C(=O)N(c3ccc(OC)cc3)C[C@]23C=C[C@H]1O3. The van der Waals surface area contributed by atoms with Gasteiger partial charge in [-0.2, -0.15) is 0 Å². The van der Waals surface area contributed by atoms with E-state index in [0.717, 1.165) is 11.4 Å². The maximum Gasteiger partial charge on any atom is 0.312 e. The normalized spacial score (nSPS) is 33.9. The molecule has 1 spiro atoms. The number of hydrogen-bond donors (Lipinski definition) is 0. The lowest BCUT2D eigenvalue weighted by molar-refractivity contribution is -0.149. The molecule has 2 saturated heterocycles. The molecule has 0 radical (unpaired) electrons. The minimum absolute atomic E-state index is 0.0996. The Bertz CT molecular complexity index is 697. The van der Waals surface area contributed by atoms with Crippen LogP contribution in [-0.4, -0.2) is 44.3 Å². The molecule has 4 rings (SSSR count). The third-order valence-corrected chi connectivity index (χ3v) is 4.96. The molecule has 3 aliphatic heterocycles. The largest absolute Gasteiger partial charge is 0.497 e. The summed E-state index contributed by atoms with van der Waals surface area (Å²) in [6, 6.07) is 7.27. The van der Waals surface area contributed by atoms with E-state index >= 15 is 0 Å². The molecule has 6 nitrogen and oxygen atoms in total. The smallest absolute Gasteiger partial charge is 0.312 e. The number of fused-ring (bicyclic) bond motifs is 1. The number of rotatable bonds is 3. The molecule has 3 heterocycles. The zero-order valence-electron chi connectivity index (χ0n) is 12.9. The van der Waals surface area contributed by atoms with Crippen LogP contribution in [0.4, 0.5) is 5.69 Å². The van der Waals surface area contributed by atoms with Gasteiger partial charge in [-0.1, -0.05) is 12.2 Å². The van der Waals surface area contributed by atoms with Crippen molar-refractivity contribution >= 4 is 17.6 Å². The van der Waals surface area contributed by atoms with E-state index in [0.29, 0.717) is 6.54 Å². The lowest BCUT2D eigenvalue weighted by atomic mass is 9.77. The molecule has 3 aliphatic rings. The van der Waals surface area contributed by atoms with Crippen LogP contribution in [-0.2, 0) is 19.1 Å². The first-order valence-electron chi connectivity index (χ1n) is 7.50. The van der Waals surface area contributed by atoms with Crippen LogP contribution < -0.4 is 9.64 Å². The van der Waals surface area contributed by atoms with Crippen LogP contribution in [0.2, 0.25) is 0 Å². The Labute approximate surface area is 133 Å². The van der Waals surface area contributed by atoms with Crippen LogP contribution in [0, 0.1) is 11.8 Å². The number of ether oxygens (including phenoxy) is 3. The van der Waals surface area contributed by atoms with Crippen molar-refractivity contribution in [2.45, 2.75) is 11.7 Å². The molecule has 1 aromatic rings. The maximum absolute atomic E-state index is 12.9. The van der Waals surface area contributed by atoms with Crippen LogP contribution in [0.1, 0.15) is 0 Å². The molecule has 4 atom stereocenters. The van der Waals surface area contributed by atoms with Gasteiger partial charge in [0.2, 0.25) is 5.91 Å². The summed E-state index contributed by atoms with van der Waals surface area (Å²) in [6.45, 7) is 0.406. The van der Waals surface area contributed by atoms with Crippen molar-refractivity contribution in [2.75, 3.05) is 25.7 Å². The van der Waals surface area contributed by atoms with Gasteiger partial charge in [0, 0.05) is 5.69 Å². The summed E-state index contributed by atoms with van der Waals surface area (Å²) >= 11 is 0. The summed E-state index contributed by atoms with van der Waals surface area (Å²) in [6.07, 6.45) is 3.42. The van der Waals surface area contributed by atoms with Gasteiger partial charge in [0.1, 0.15) is 17.3 Å². The molecule has 6 heteroatoms. The summed E-state index contributed by atoms with van der Waals surface area (Å²) in [5.41, 5.74) is 0.0456. The Morgan fingerprint density at radius 1 is 1.30 bits per heavy atom. The first-order valence-corrected chi connectivity index (χ1v) is 7.50. The van der Waals surface area contributed by atoms with Gasteiger partial charge in [-0.15, -0.1) is 0 Å². The Balaban J connectivity index is 1.68. The summed E-state index contributed by atoms with van der Waals surface area (Å²) in [7, 11) is 2.93. The van der Waals surface area contributed by atoms with Gasteiger partial charge in [0.25, 0.3) is 0 Å². The quantitative estimate of drug-likeness (QED) is 0.618. The first-order chi connectivity index (χ1) is 11.1. The van der Waals surface area contributed by atoms with E-state index in [1.165, 1.54) is 7.11 Å². The number of amides is 1. The average molecular weight is 315 g/mol. The lowest BCUT2D eigenvalue weighted by Gasteiger charge is -2.22. The zero-order chi connectivity index (χ0) is 16.2. The van der Waals surface area contributed by atoms with Crippen molar-refractivity contribution in [3.63, 3.8) is 0 Å². The van der Waals surface area contributed by atoms with E-state index in [4.69, 9.17) is 14.2 Å². The van der Waals surface area contributed by atoms with Gasteiger partial charge in [-0.3, -0.25) is 9.59 Å². The number of anilines is 1. The Morgan fingerprint density at radius 3 is 2.70 bits per heavy atom. The molecule has 23 heavy (non-hydrogen) atoms. The van der Waals surface area contributed by atoms with Crippen molar-refractivity contribution in [3.8, 4) is 5.75 Å². The minimum Gasteiger partial charge on any atom is -0.497 e. The van der Waals surface area contributed by atoms with Crippen molar-refractivity contribution in [3.05, 3.63) is 36.4 Å². The van der Waals surface area contributed by atoms with Gasteiger partial charge in [0.05, 0.1) is 32.8 Å². The van der Waals surface area contributed by atoms with Gasteiger partial charge < -0.3 is 19.1 Å². The molecular formula is C17H17NO5. The number of nitrogens with zero attached hydrogens (tertiary/aromatic N) is 1. The lowest BCUT2D eigenvalue weighted by Crippen LogP contribution is -2.39. The van der Waals surface area contributed by atoms with E-state index in [1.807, 2.05) is 24.3 Å². The number of benzene rings is 1. The first kappa shape index (κ1) is 14.3. The predicted molar refractivity (Wildman–Crippen MR) is 81.1 cm³/mol. The van der Waals surface area contributed by atoms with Crippen LogP contribution >= 0.6 is 0 Å². The third-order valence-electron chi connectivity index (χ3n) is 4.96. The van der Waals surface area contributed by atoms with Gasteiger partial charge in [-0.25, -0.2) is 0 Å². The molecule has 2 fully saturated rings. The molecule has 2 bridgehead atoms. The molecule has 0 aliphatic carbocycles. The topological polar surface area (TPSA) is 65.1 Å². The van der Waals surface area contributed by atoms with Crippen molar-refractivity contribution in [1.82, 2.24) is 0 Å². The van der Waals surface area contributed by atoms with Gasteiger partial charge in [0.15, 0.2) is 0 Å². The highest BCUT2D eigenvalue weighted by molar-refractivity contribution is 6.02. The highest BCUT2D eigenvalue weighted by Crippen LogP contribution is 2.52. The fraction of sp³-hybridized carbons (Fsp3) is 0.412. The van der Waals surface area contributed by atoms with Crippen molar-refractivity contribution in [1.29, 1.82) is 0 Å². The number of methoxy groups -OCH3 is 2. The van der Waals surface area contributed by atoms with E-state index in [9.17, 15) is 9.59 Å². The average Bonchev–Trinajstić information content (AvgIpc) is 3.22.